The molecule has 2 rings (SSSR count). The lowest BCUT2D eigenvalue weighted by atomic mass is 10.1. The molecule has 0 amide bonds. The van der Waals surface area contributed by atoms with Gasteiger partial charge in [0.25, 0.3) is 0 Å². The van der Waals surface area contributed by atoms with Crippen LogP contribution in [0.1, 0.15) is 37.9 Å². The summed E-state index contributed by atoms with van der Waals surface area (Å²) in [5.74, 6) is 3.96. The molecule has 0 aliphatic heterocycles. The van der Waals surface area contributed by atoms with Crippen LogP contribution in [0.25, 0.3) is 0 Å². The highest BCUT2D eigenvalue weighted by Gasteiger charge is 2.61. The van der Waals surface area contributed by atoms with Crippen molar-refractivity contribution in [2.24, 2.45) is 17.3 Å². The summed E-state index contributed by atoms with van der Waals surface area (Å²) in [7, 11) is 0. The average molecular weight is 312 g/mol. The van der Waals surface area contributed by atoms with Gasteiger partial charge in [-0.15, -0.1) is 6.42 Å². The van der Waals surface area contributed by atoms with Crippen LogP contribution in [0.3, 0.4) is 0 Å². The second kappa shape index (κ2) is 6.50. The molecule has 1 heterocycles. The van der Waals surface area contributed by atoms with E-state index < -0.39 is 0 Å². The van der Waals surface area contributed by atoms with Crippen molar-refractivity contribution in [1.29, 1.82) is 0 Å². The van der Waals surface area contributed by atoms with E-state index in [-0.39, 0.29) is 29.8 Å². The molecular weight excluding hydrogens is 288 g/mol. The number of hydrogen-bond acceptors (Lipinski definition) is 3. The molecule has 3 nitrogen and oxygen atoms in total. The Balaban J connectivity index is 1.98. The molecule has 0 N–H and O–H groups in total. The first-order valence-corrected chi connectivity index (χ1v) is 7.80. The molecule has 0 aromatic carbocycles. The second-order valence-electron chi connectivity index (χ2n) is 6.72. The number of carbonyl (C=O) groups is 1. The zero-order chi connectivity index (χ0) is 17.2. The quantitative estimate of drug-likeness (QED) is 0.449. The van der Waals surface area contributed by atoms with E-state index in [2.05, 4.69) is 32.4 Å². The summed E-state index contributed by atoms with van der Waals surface area (Å²) < 4.78 is 11.0. The number of ether oxygens (including phenoxy) is 1. The fraction of sp³-hybridized carbons (Fsp3) is 0.450. The monoisotopic (exact) mass is 312 g/mol. The molecule has 1 aromatic heterocycles. The number of aryl methyl sites for hydroxylation is 1. The Morgan fingerprint density at radius 2 is 2.26 bits per heavy atom. The summed E-state index contributed by atoms with van der Waals surface area (Å²) in [6.45, 7) is 12.0. The maximum atomic E-state index is 12.4. The fourth-order valence-corrected chi connectivity index (χ4v) is 2.95. The van der Waals surface area contributed by atoms with Gasteiger partial charge in [-0.05, 0) is 31.2 Å². The topological polar surface area (TPSA) is 39.4 Å². The van der Waals surface area contributed by atoms with E-state index in [9.17, 15) is 4.79 Å². The molecule has 0 spiro atoms. The zero-order valence-corrected chi connectivity index (χ0v) is 14.3. The number of rotatable bonds is 6. The Hall–Kier alpha value is -2.21. The number of furan rings is 1. The number of esters is 1. The Morgan fingerprint density at radius 1 is 1.57 bits per heavy atom. The standard InChI is InChI=1S/C20H24O3/c1-7-9-16-11-15(14(4)23-16)12-22-19(21)18-17(20(18,5)6)10-13(3)8-2/h1,8,10-11,17-18H,2,9,12H2,3-6H3. The summed E-state index contributed by atoms with van der Waals surface area (Å²) in [5, 5.41) is 0. The maximum absolute atomic E-state index is 12.4. The second-order valence-corrected chi connectivity index (χ2v) is 6.72. The molecule has 0 saturated heterocycles. The smallest absolute Gasteiger partial charge is 0.310 e. The molecule has 2 atom stereocenters. The summed E-state index contributed by atoms with van der Waals surface area (Å²) in [5.41, 5.74) is 1.89. The number of terminal acetylenes is 1. The van der Waals surface area contributed by atoms with Gasteiger partial charge in [-0.3, -0.25) is 4.79 Å². The van der Waals surface area contributed by atoms with Crippen molar-refractivity contribution in [2.75, 3.05) is 0 Å². The lowest BCUT2D eigenvalue weighted by Crippen LogP contribution is -2.10. The average Bonchev–Trinajstić information content (AvgIpc) is 2.84. The minimum atomic E-state index is -0.160. The van der Waals surface area contributed by atoms with Crippen LogP contribution in [0.5, 0.6) is 0 Å². The van der Waals surface area contributed by atoms with Gasteiger partial charge >= 0.3 is 5.97 Å². The van der Waals surface area contributed by atoms with Crippen LogP contribution >= 0.6 is 0 Å². The van der Waals surface area contributed by atoms with E-state index in [0.29, 0.717) is 6.42 Å². The van der Waals surface area contributed by atoms with E-state index >= 15 is 0 Å². The van der Waals surface area contributed by atoms with E-state index in [1.165, 1.54) is 0 Å². The zero-order valence-electron chi connectivity index (χ0n) is 14.3. The first-order chi connectivity index (χ1) is 10.8. The highest BCUT2D eigenvalue weighted by atomic mass is 16.5. The minimum Gasteiger partial charge on any atom is -0.465 e. The van der Waals surface area contributed by atoms with Crippen LogP contribution in [0.4, 0.5) is 0 Å². The normalized spacial score (nSPS) is 22.3. The van der Waals surface area contributed by atoms with Crippen LogP contribution in [0, 0.1) is 36.5 Å². The molecule has 122 valence electrons. The van der Waals surface area contributed by atoms with Gasteiger partial charge in [-0.1, -0.05) is 44.1 Å². The summed E-state index contributed by atoms with van der Waals surface area (Å²) >= 11 is 0. The van der Waals surface area contributed by atoms with Crippen LogP contribution in [0.15, 0.2) is 34.8 Å². The predicted octanol–water partition coefficient (Wildman–Crippen LogP) is 4.21. The third kappa shape index (κ3) is 3.59. The molecule has 1 saturated carbocycles. The van der Waals surface area contributed by atoms with Crippen molar-refractivity contribution in [2.45, 2.75) is 40.7 Å². The van der Waals surface area contributed by atoms with Gasteiger partial charge in [0.1, 0.15) is 18.1 Å². The molecule has 1 fully saturated rings. The largest absolute Gasteiger partial charge is 0.465 e. The minimum absolute atomic E-state index is 0.0680. The van der Waals surface area contributed by atoms with E-state index in [4.69, 9.17) is 15.6 Å². The molecule has 1 aromatic rings. The van der Waals surface area contributed by atoms with Crippen LogP contribution in [0.2, 0.25) is 0 Å². The lowest BCUT2D eigenvalue weighted by molar-refractivity contribution is -0.147. The Morgan fingerprint density at radius 3 is 2.87 bits per heavy atom. The first kappa shape index (κ1) is 17.1. The van der Waals surface area contributed by atoms with Gasteiger partial charge < -0.3 is 9.15 Å². The lowest BCUT2D eigenvalue weighted by Gasteiger charge is -2.04. The van der Waals surface area contributed by atoms with Crippen molar-refractivity contribution < 1.29 is 13.9 Å². The fourth-order valence-electron chi connectivity index (χ4n) is 2.95. The van der Waals surface area contributed by atoms with Crippen molar-refractivity contribution in [3.05, 3.63) is 47.5 Å². The first-order valence-electron chi connectivity index (χ1n) is 7.80. The third-order valence-electron chi connectivity index (χ3n) is 4.65. The molecule has 23 heavy (non-hydrogen) atoms. The molecule has 0 radical (unpaired) electrons. The Labute approximate surface area is 138 Å². The van der Waals surface area contributed by atoms with Crippen LogP contribution in [-0.4, -0.2) is 5.97 Å². The van der Waals surface area contributed by atoms with Gasteiger partial charge in [0.05, 0.1) is 12.3 Å². The van der Waals surface area contributed by atoms with Gasteiger partial charge in [0.15, 0.2) is 0 Å². The van der Waals surface area contributed by atoms with Crippen molar-refractivity contribution in [3.8, 4) is 12.3 Å². The molecule has 0 bridgehead atoms. The van der Waals surface area contributed by atoms with Crippen molar-refractivity contribution >= 4 is 5.97 Å². The molecule has 1 aliphatic rings. The van der Waals surface area contributed by atoms with Crippen molar-refractivity contribution in [3.63, 3.8) is 0 Å². The highest BCUT2D eigenvalue weighted by Crippen LogP contribution is 2.59. The number of carbonyl (C=O) groups excluding carboxylic acids is 1. The molecular formula is C20H24O3. The highest BCUT2D eigenvalue weighted by molar-refractivity contribution is 5.78. The SMILES string of the molecule is C#CCc1cc(COC(=O)C2C(C=C(C)C=C)C2(C)C)c(C)o1. The predicted molar refractivity (Wildman–Crippen MR) is 90.5 cm³/mol. The van der Waals surface area contributed by atoms with Gasteiger partial charge in [-0.25, -0.2) is 0 Å². The van der Waals surface area contributed by atoms with E-state index in [1.54, 1.807) is 6.08 Å². The van der Waals surface area contributed by atoms with Gasteiger partial charge in [0, 0.05) is 5.56 Å². The van der Waals surface area contributed by atoms with Crippen LogP contribution < -0.4 is 0 Å². The maximum Gasteiger partial charge on any atom is 0.310 e. The van der Waals surface area contributed by atoms with Crippen LogP contribution in [-0.2, 0) is 22.6 Å². The Bertz CT molecular complexity index is 682. The number of hydrogen-bond donors (Lipinski definition) is 0. The molecule has 3 heteroatoms. The van der Waals surface area contributed by atoms with Gasteiger partial charge in [-0.2, -0.15) is 0 Å². The molecule has 2 unspecified atom stereocenters. The van der Waals surface area contributed by atoms with Crippen molar-refractivity contribution in [1.82, 2.24) is 0 Å². The molecule has 1 aliphatic carbocycles. The summed E-state index contributed by atoms with van der Waals surface area (Å²) in [6.07, 6.45) is 9.63. The van der Waals surface area contributed by atoms with Gasteiger partial charge in [0.2, 0.25) is 0 Å². The Kier molecular flexibility index (Phi) is 4.85. The van der Waals surface area contributed by atoms with E-state index in [1.807, 2.05) is 19.9 Å². The third-order valence-corrected chi connectivity index (χ3v) is 4.65. The number of allylic oxidation sites excluding steroid dienone is 3. The summed E-state index contributed by atoms with van der Waals surface area (Å²) in [4.78, 5) is 12.4. The van der Waals surface area contributed by atoms with E-state index in [0.717, 1.165) is 22.7 Å². The summed E-state index contributed by atoms with van der Waals surface area (Å²) in [6, 6.07) is 1.86.